The van der Waals surface area contributed by atoms with Gasteiger partial charge < -0.3 is 9.73 Å². The monoisotopic (exact) mass is 459 g/mol. The van der Waals surface area contributed by atoms with Crippen molar-refractivity contribution >= 4 is 39.5 Å². The molecule has 1 N–H and O–H groups in total. The number of aromatic nitrogens is 1. The van der Waals surface area contributed by atoms with Gasteiger partial charge in [-0.25, -0.2) is 9.78 Å². The van der Waals surface area contributed by atoms with Crippen LogP contribution in [0, 0.1) is 0 Å². The summed E-state index contributed by atoms with van der Waals surface area (Å²) in [6.45, 7) is 1.63. The maximum absolute atomic E-state index is 13.0. The van der Waals surface area contributed by atoms with Crippen LogP contribution in [-0.4, -0.2) is 21.8 Å². The van der Waals surface area contributed by atoms with Gasteiger partial charge in [0.1, 0.15) is 12.1 Å². The number of nitrogens with one attached hydrogen (secondary N) is 1. The van der Waals surface area contributed by atoms with E-state index in [0.717, 1.165) is 14.9 Å². The lowest BCUT2D eigenvalue weighted by Gasteiger charge is -2.22. The molecule has 1 atom stereocenters. The van der Waals surface area contributed by atoms with E-state index < -0.39 is 11.6 Å². The molecule has 1 fully saturated rings. The summed E-state index contributed by atoms with van der Waals surface area (Å²) in [5.74, 6) is 0.447. The van der Waals surface area contributed by atoms with Crippen LogP contribution in [0.15, 0.2) is 63.6 Å². The molecule has 0 bridgehead atoms. The summed E-state index contributed by atoms with van der Waals surface area (Å²) < 4.78 is 6.55. The molecular weight excluding hydrogens is 446 g/mol. The van der Waals surface area contributed by atoms with Crippen molar-refractivity contribution in [3.05, 3.63) is 75.7 Å². The molecule has 4 rings (SSSR count). The van der Waals surface area contributed by atoms with Gasteiger partial charge in [0.25, 0.3) is 5.91 Å². The Balaban J connectivity index is 1.56. The largest absolute Gasteiger partial charge is 0.439 e. The number of amides is 3. The molecule has 1 saturated heterocycles. The zero-order valence-electron chi connectivity index (χ0n) is 14.8. The summed E-state index contributed by atoms with van der Waals surface area (Å²) >= 11 is 9.29. The van der Waals surface area contributed by atoms with Crippen molar-refractivity contribution in [3.63, 3.8) is 0 Å². The van der Waals surface area contributed by atoms with Crippen LogP contribution in [0.1, 0.15) is 18.4 Å². The van der Waals surface area contributed by atoms with E-state index in [0.29, 0.717) is 16.3 Å². The van der Waals surface area contributed by atoms with E-state index in [1.54, 1.807) is 31.3 Å². The van der Waals surface area contributed by atoms with E-state index in [4.69, 9.17) is 16.0 Å². The number of carbonyl (C=O) groups excluding carboxylic acids is 2. The van der Waals surface area contributed by atoms with Gasteiger partial charge >= 0.3 is 6.03 Å². The van der Waals surface area contributed by atoms with Crippen molar-refractivity contribution < 1.29 is 14.0 Å². The number of imide groups is 1. The number of rotatable bonds is 4. The molecule has 1 aromatic heterocycles. The highest BCUT2D eigenvalue weighted by atomic mass is 79.9. The fraction of sp³-hybridized carbons (Fsp3) is 0.150. The van der Waals surface area contributed by atoms with Crippen molar-refractivity contribution in [2.45, 2.75) is 19.0 Å². The van der Waals surface area contributed by atoms with E-state index in [2.05, 4.69) is 26.2 Å². The van der Waals surface area contributed by atoms with E-state index in [9.17, 15) is 9.59 Å². The first-order valence-corrected chi connectivity index (χ1v) is 9.65. The predicted molar refractivity (Wildman–Crippen MR) is 108 cm³/mol. The zero-order chi connectivity index (χ0) is 19.9. The van der Waals surface area contributed by atoms with Gasteiger partial charge in [0.15, 0.2) is 5.76 Å². The Kier molecular flexibility index (Phi) is 4.72. The quantitative estimate of drug-likeness (QED) is 0.571. The summed E-state index contributed by atoms with van der Waals surface area (Å²) in [6, 6.07) is 13.9. The van der Waals surface area contributed by atoms with Gasteiger partial charge in [-0.05, 0) is 48.9 Å². The molecule has 28 heavy (non-hydrogen) atoms. The topological polar surface area (TPSA) is 75.4 Å². The molecule has 0 unspecified atom stereocenters. The van der Waals surface area contributed by atoms with E-state index >= 15 is 0 Å². The fourth-order valence-corrected chi connectivity index (χ4v) is 3.63. The number of hydrogen-bond donors (Lipinski definition) is 1. The van der Waals surface area contributed by atoms with Crippen LogP contribution in [0.4, 0.5) is 4.79 Å². The highest BCUT2D eigenvalue weighted by Crippen LogP contribution is 2.31. The Hall–Kier alpha value is -2.64. The van der Waals surface area contributed by atoms with Crippen LogP contribution < -0.4 is 5.32 Å². The van der Waals surface area contributed by atoms with Gasteiger partial charge in [0.2, 0.25) is 5.89 Å². The summed E-state index contributed by atoms with van der Waals surface area (Å²) in [6.07, 6.45) is 1.56. The average molecular weight is 461 g/mol. The molecule has 1 aliphatic rings. The lowest BCUT2D eigenvalue weighted by atomic mass is 9.92. The van der Waals surface area contributed by atoms with E-state index in [1.807, 2.05) is 30.3 Å². The van der Waals surface area contributed by atoms with Gasteiger partial charge in [-0.15, -0.1) is 0 Å². The van der Waals surface area contributed by atoms with Gasteiger partial charge in [-0.3, -0.25) is 9.69 Å². The third kappa shape index (κ3) is 3.31. The van der Waals surface area contributed by atoms with Gasteiger partial charge in [0, 0.05) is 15.1 Å². The maximum atomic E-state index is 13.0. The summed E-state index contributed by atoms with van der Waals surface area (Å²) in [5, 5.41) is 3.39. The van der Waals surface area contributed by atoms with Gasteiger partial charge in [-0.1, -0.05) is 39.7 Å². The highest BCUT2D eigenvalue weighted by molar-refractivity contribution is 9.10. The van der Waals surface area contributed by atoms with Gasteiger partial charge in [-0.2, -0.15) is 0 Å². The highest BCUT2D eigenvalue weighted by Gasteiger charge is 2.49. The minimum absolute atomic E-state index is 0.0537. The lowest BCUT2D eigenvalue weighted by molar-refractivity contribution is -0.131. The lowest BCUT2D eigenvalue weighted by Crippen LogP contribution is -2.40. The number of urea groups is 1. The van der Waals surface area contributed by atoms with E-state index in [-0.39, 0.29) is 18.3 Å². The molecule has 0 radical (unpaired) electrons. The summed E-state index contributed by atoms with van der Waals surface area (Å²) in [5.41, 5.74) is 0.350. The van der Waals surface area contributed by atoms with Crippen molar-refractivity contribution in [2.75, 3.05) is 0 Å². The van der Waals surface area contributed by atoms with Crippen LogP contribution in [0.3, 0.4) is 0 Å². The average Bonchev–Trinajstić information content (AvgIpc) is 3.22. The predicted octanol–water partition coefficient (Wildman–Crippen LogP) is 4.72. The van der Waals surface area contributed by atoms with Crippen LogP contribution in [-0.2, 0) is 16.9 Å². The Labute approximate surface area is 174 Å². The Morgan fingerprint density at radius 3 is 2.68 bits per heavy atom. The first-order valence-electron chi connectivity index (χ1n) is 8.47. The second-order valence-corrected chi connectivity index (χ2v) is 7.93. The van der Waals surface area contributed by atoms with Crippen LogP contribution in [0.25, 0.3) is 11.3 Å². The Morgan fingerprint density at radius 2 is 1.96 bits per heavy atom. The second kappa shape index (κ2) is 7.07. The molecule has 3 aromatic rings. The molecule has 8 heteroatoms. The van der Waals surface area contributed by atoms with Crippen molar-refractivity contribution in [1.82, 2.24) is 15.2 Å². The second-order valence-electron chi connectivity index (χ2n) is 6.58. The van der Waals surface area contributed by atoms with Crippen LogP contribution in [0.2, 0.25) is 5.02 Å². The zero-order valence-corrected chi connectivity index (χ0v) is 17.1. The molecule has 0 saturated carbocycles. The number of oxazole rings is 1. The molecular formula is C20H15BrClN3O3. The normalized spacial score (nSPS) is 19.2. The standard InChI is InChI=1S/C20H15BrClN3O3/c1-20(13-3-2-4-14(21)9-13)18(26)25(19(27)24-20)11-17-23-10-16(28-17)12-5-7-15(22)8-6-12/h2-10H,11H2,1H3,(H,24,27)/t20-/m0/s1. The number of carbonyl (C=O) groups is 2. The molecule has 0 aliphatic carbocycles. The third-order valence-corrected chi connectivity index (χ3v) is 5.40. The first-order chi connectivity index (χ1) is 13.4. The van der Waals surface area contributed by atoms with Gasteiger partial charge in [0.05, 0.1) is 6.20 Å². The summed E-state index contributed by atoms with van der Waals surface area (Å²) in [4.78, 5) is 30.8. The molecule has 1 aliphatic heterocycles. The smallest absolute Gasteiger partial charge is 0.325 e. The SMILES string of the molecule is C[C@@]1(c2cccc(Br)c2)NC(=O)N(Cc2ncc(-c3ccc(Cl)cc3)o2)C1=O. The number of hydrogen-bond acceptors (Lipinski definition) is 4. The van der Waals surface area contributed by atoms with Crippen molar-refractivity contribution in [1.29, 1.82) is 0 Å². The first kappa shape index (κ1) is 18.7. The van der Waals surface area contributed by atoms with Crippen molar-refractivity contribution in [2.24, 2.45) is 0 Å². The Bertz CT molecular complexity index is 1070. The van der Waals surface area contributed by atoms with Crippen LogP contribution >= 0.6 is 27.5 Å². The maximum Gasteiger partial charge on any atom is 0.325 e. The minimum atomic E-state index is -1.15. The van der Waals surface area contributed by atoms with Crippen molar-refractivity contribution in [3.8, 4) is 11.3 Å². The minimum Gasteiger partial charge on any atom is -0.439 e. The fourth-order valence-electron chi connectivity index (χ4n) is 3.10. The van der Waals surface area contributed by atoms with Crippen LogP contribution in [0.5, 0.6) is 0 Å². The number of benzene rings is 2. The molecule has 2 aromatic carbocycles. The third-order valence-electron chi connectivity index (χ3n) is 4.65. The molecule has 6 nitrogen and oxygen atoms in total. The number of nitrogens with zero attached hydrogens (tertiary/aromatic N) is 2. The molecule has 3 amide bonds. The Morgan fingerprint density at radius 1 is 1.21 bits per heavy atom. The van der Waals surface area contributed by atoms with E-state index in [1.165, 1.54) is 0 Å². The molecule has 142 valence electrons. The summed E-state index contributed by atoms with van der Waals surface area (Å²) in [7, 11) is 0. The number of halogens is 2. The molecule has 0 spiro atoms. The molecule has 2 heterocycles.